The van der Waals surface area contributed by atoms with Crippen molar-refractivity contribution in [3.63, 3.8) is 0 Å². The largest absolute Gasteiger partial charge is 0.358 e. The summed E-state index contributed by atoms with van der Waals surface area (Å²) in [7, 11) is 0. The van der Waals surface area contributed by atoms with Gasteiger partial charge in [-0.15, -0.1) is 0 Å². The summed E-state index contributed by atoms with van der Waals surface area (Å²) in [6.07, 6.45) is 9.09. The summed E-state index contributed by atoms with van der Waals surface area (Å²) in [4.78, 5) is 24.8. The Bertz CT molecular complexity index is 924. The minimum absolute atomic E-state index is 0.258. The van der Waals surface area contributed by atoms with Gasteiger partial charge in [-0.25, -0.2) is 4.99 Å². The van der Waals surface area contributed by atoms with Gasteiger partial charge >= 0.3 is 0 Å². The predicted molar refractivity (Wildman–Crippen MR) is 106 cm³/mol. The third-order valence-electron chi connectivity index (χ3n) is 6.21. The van der Waals surface area contributed by atoms with E-state index in [0.29, 0.717) is 5.91 Å². The zero-order valence-corrected chi connectivity index (χ0v) is 16.0. The molecule has 2 aromatic rings. The van der Waals surface area contributed by atoms with E-state index in [1.807, 2.05) is 19.3 Å². The lowest BCUT2D eigenvalue weighted by molar-refractivity contribution is -0.137. The Morgan fingerprint density at radius 1 is 1.29 bits per heavy atom. The van der Waals surface area contributed by atoms with E-state index in [1.54, 1.807) is 0 Å². The number of carbonyl (C=O) groups is 1. The van der Waals surface area contributed by atoms with Gasteiger partial charge in [0.05, 0.1) is 11.9 Å². The molecule has 28 heavy (non-hydrogen) atoms. The Hall–Kier alpha value is -2.90. The number of nitrogens with one attached hydrogen (secondary N) is 3. The molecule has 2 bridgehead atoms. The van der Waals surface area contributed by atoms with Crippen LogP contribution in [0.15, 0.2) is 23.5 Å². The van der Waals surface area contributed by atoms with Crippen LogP contribution in [0.4, 0.5) is 0 Å². The number of aliphatic imine (C=N–C) groups is 1. The first-order chi connectivity index (χ1) is 13.7. The van der Waals surface area contributed by atoms with Crippen LogP contribution in [0.1, 0.15) is 37.1 Å². The van der Waals surface area contributed by atoms with Gasteiger partial charge in [0.15, 0.2) is 5.84 Å². The molecule has 3 fully saturated rings. The molecule has 1 saturated carbocycles. The number of likely N-dealkylation sites (tertiary alicyclic amines) is 1. The number of hydrogen-bond acceptors (Lipinski definition) is 3. The van der Waals surface area contributed by atoms with E-state index in [-0.39, 0.29) is 18.0 Å². The van der Waals surface area contributed by atoms with Crippen molar-refractivity contribution in [2.75, 3.05) is 13.1 Å². The molecule has 146 valence electrons. The standard InChI is InChI=1S/C20H25N7O/c1-12-17(8-24-25-12)14-6-18(22-7-14)19(23-11-21)26-9-15-4-5-16(10-26)27(15)20(28)13-2-3-13/h6-8,11,13,15-16,21-22H,2-5,9-10H2,1H3,(H,24,25). The van der Waals surface area contributed by atoms with E-state index in [2.05, 4.69) is 36.0 Å². The maximum atomic E-state index is 12.7. The lowest BCUT2D eigenvalue weighted by Gasteiger charge is -2.42. The van der Waals surface area contributed by atoms with Crippen molar-refractivity contribution < 1.29 is 4.79 Å². The quantitative estimate of drug-likeness (QED) is 0.560. The van der Waals surface area contributed by atoms with Gasteiger partial charge in [0.1, 0.15) is 6.34 Å². The van der Waals surface area contributed by atoms with Crippen molar-refractivity contribution in [3.8, 4) is 11.1 Å². The number of fused-ring (bicyclic) bond motifs is 2. The third-order valence-corrected chi connectivity index (χ3v) is 6.21. The Morgan fingerprint density at radius 3 is 2.64 bits per heavy atom. The number of rotatable bonds is 4. The Kier molecular flexibility index (Phi) is 4.07. The van der Waals surface area contributed by atoms with Gasteiger partial charge in [0.25, 0.3) is 0 Å². The summed E-state index contributed by atoms with van der Waals surface area (Å²) >= 11 is 0. The number of piperazine rings is 1. The molecule has 2 aromatic heterocycles. The molecule has 2 atom stereocenters. The average molecular weight is 379 g/mol. The fraction of sp³-hybridized carbons (Fsp3) is 0.500. The molecule has 0 spiro atoms. The minimum Gasteiger partial charge on any atom is -0.358 e. The molecule has 3 N–H and O–H groups in total. The van der Waals surface area contributed by atoms with Gasteiger partial charge in [-0.2, -0.15) is 5.10 Å². The summed E-state index contributed by atoms with van der Waals surface area (Å²) < 4.78 is 0. The van der Waals surface area contributed by atoms with Crippen molar-refractivity contribution in [1.82, 2.24) is 25.0 Å². The second-order valence-electron chi connectivity index (χ2n) is 8.10. The van der Waals surface area contributed by atoms with E-state index in [0.717, 1.165) is 73.5 Å². The van der Waals surface area contributed by atoms with Gasteiger partial charge < -0.3 is 14.8 Å². The number of amidine groups is 1. The Morgan fingerprint density at radius 2 is 2.04 bits per heavy atom. The second kappa shape index (κ2) is 6.61. The molecule has 8 nitrogen and oxygen atoms in total. The monoisotopic (exact) mass is 379 g/mol. The molecule has 2 saturated heterocycles. The van der Waals surface area contributed by atoms with Crippen LogP contribution in [0.25, 0.3) is 11.1 Å². The van der Waals surface area contributed by atoms with E-state index in [4.69, 9.17) is 5.41 Å². The van der Waals surface area contributed by atoms with Crippen molar-refractivity contribution >= 4 is 18.1 Å². The van der Waals surface area contributed by atoms with Crippen LogP contribution in [0, 0.1) is 18.3 Å². The number of aromatic amines is 2. The first-order valence-electron chi connectivity index (χ1n) is 9.98. The van der Waals surface area contributed by atoms with E-state index in [1.165, 1.54) is 0 Å². The van der Waals surface area contributed by atoms with Crippen molar-refractivity contribution in [2.45, 2.75) is 44.7 Å². The lowest BCUT2D eigenvalue weighted by atomic mass is 10.1. The lowest BCUT2D eigenvalue weighted by Crippen LogP contribution is -2.57. The van der Waals surface area contributed by atoms with Gasteiger partial charge in [-0.3, -0.25) is 15.3 Å². The summed E-state index contributed by atoms with van der Waals surface area (Å²) in [5.41, 5.74) is 4.00. The van der Waals surface area contributed by atoms with Gasteiger partial charge in [-0.1, -0.05) is 0 Å². The van der Waals surface area contributed by atoms with E-state index >= 15 is 0 Å². The zero-order valence-electron chi connectivity index (χ0n) is 16.0. The molecule has 2 unspecified atom stereocenters. The number of hydrogen-bond donors (Lipinski definition) is 3. The van der Waals surface area contributed by atoms with Gasteiger partial charge in [0.2, 0.25) is 5.91 Å². The average Bonchev–Trinajstić information content (AvgIpc) is 3.19. The minimum atomic E-state index is 0.258. The molecule has 0 aromatic carbocycles. The topological polar surface area (TPSA) is 104 Å². The maximum Gasteiger partial charge on any atom is 0.226 e. The highest BCUT2D eigenvalue weighted by Crippen LogP contribution is 2.38. The van der Waals surface area contributed by atoms with Gasteiger partial charge in [0, 0.05) is 54.1 Å². The number of aromatic nitrogens is 3. The van der Waals surface area contributed by atoms with Crippen LogP contribution < -0.4 is 0 Å². The highest BCUT2D eigenvalue weighted by Gasteiger charge is 2.47. The van der Waals surface area contributed by atoms with E-state index in [9.17, 15) is 4.79 Å². The highest BCUT2D eigenvalue weighted by molar-refractivity contribution is 6.02. The molecule has 1 amide bonds. The molecule has 1 aliphatic carbocycles. The second-order valence-corrected chi connectivity index (χ2v) is 8.10. The highest BCUT2D eigenvalue weighted by atomic mass is 16.2. The van der Waals surface area contributed by atoms with Gasteiger partial charge in [-0.05, 0) is 38.7 Å². The van der Waals surface area contributed by atoms with Crippen molar-refractivity contribution in [2.24, 2.45) is 10.9 Å². The number of carbonyl (C=O) groups excluding carboxylic acids is 1. The van der Waals surface area contributed by atoms with Crippen molar-refractivity contribution in [1.29, 1.82) is 5.41 Å². The molecular formula is C20H25N7O. The molecular weight excluding hydrogens is 354 g/mol. The maximum absolute atomic E-state index is 12.7. The number of amides is 1. The van der Waals surface area contributed by atoms with Crippen LogP contribution in [0.2, 0.25) is 0 Å². The molecule has 3 aliphatic rings. The normalized spacial score (nSPS) is 24.7. The fourth-order valence-corrected chi connectivity index (χ4v) is 4.68. The summed E-state index contributed by atoms with van der Waals surface area (Å²) in [6, 6.07) is 2.57. The van der Waals surface area contributed by atoms with E-state index < -0.39 is 0 Å². The summed E-state index contributed by atoms with van der Waals surface area (Å²) in [6.45, 7) is 3.55. The Balaban J connectivity index is 1.39. The molecule has 2 aliphatic heterocycles. The molecule has 0 radical (unpaired) electrons. The number of H-pyrrole nitrogens is 2. The first-order valence-corrected chi connectivity index (χ1v) is 9.98. The molecule has 8 heteroatoms. The summed E-state index contributed by atoms with van der Waals surface area (Å²) in [5.74, 6) is 1.40. The van der Waals surface area contributed by atoms with Crippen molar-refractivity contribution in [3.05, 3.63) is 29.8 Å². The van der Waals surface area contributed by atoms with Crippen LogP contribution in [-0.4, -0.2) is 68.2 Å². The summed E-state index contributed by atoms with van der Waals surface area (Å²) in [5, 5.41) is 14.6. The predicted octanol–water partition coefficient (Wildman–Crippen LogP) is 2.15. The number of nitrogens with zero attached hydrogens (tertiary/aromatic N) is 4. The van der Waals surface area contributed by atoms with Crippen LogP contribution in [0.5, 0.6) is 0 Å². The van der Waals surface area contributed by atoms with Crippen LogP contribution >= 0.6 is 0 Å². The first kappa shape index (κ1) is 17.2. The number of aryl methyl sites for hydroxylation is 1. The van der Waals surface area contributed by atoms with Crippen LogP contribution in [-0.2, 0) is 4.79 Å². The molecule has 4 heterocycles. The molecule has 5 rings (SSSR count). The third kappa shape index (κ3) is 2.83. The fourth-order valence-electron chi connectivity index (χ4n) is 4.68. The van der Waals surface area contributed by atoms with Crippen LogP contribution in [0.3, 0.4) is 0 Å². The smallest absolute Gasteiger partial charge is 0.226 e. The SMILES string of the molecule is Cc1[nH]ncc1-c1c[nH]c(C(=NC=N)N2CC3CCC(C2)N3C(=O)C2CC2)c1. The Labute approximate surface area is 163 Å². The zero-order chi connectivity index (χ0) is 19.3.